The predicted octanol–water partition coefficient (Wildman–Crippen LogP) is 6.57. The van der Waals surface area contributed by atoms with Crippen molar-refractivity contribution in [3.05, 3.63) is 71.1 Å². The van der Waals surface area contributed by atoms with Gasteiger partial charge in [0.25, 0.3) is 0 Å². The molecule has 1 heterocycles. The summed E-state index contributed by atoms with van der Waals surface area (Å²) >= 11 is 0. The van der Waals surface area contributed by atoms with Crippen molar-refractivity contribution in [1.29, 1.82) is 0 Å². The Morgan fingerprint density at radius 3 is 2.38 bits per heavy atom. The second-order valence-corrected chi connectivity index (χ2v) is 7.00. The lowest BCUT2D eigenvalue weighted by molar-refractivity contribution is -0.274. The third-order valence-electron chi connectivity index (χ3n) is 5.22. The smallest absolute Gasteiger partial charge is 0.406 e. The average Bonchev–Trinajstić information content (AvgIpc) is 3.09. The van der Waals surface area contributed by atoms with E-state index >= 15 is 0 Å². The van der Waals surface area contributed by atoms with Crippen molar-refractivity contribution in [3.63, 3.8) is 0 Å². The average molecular weight is 417 g/mol. The summed E-state index contributed by atoms with van der Waals surface area (Å²) in [7, 11) is 0. The number of hydrogen-bond donors (Lipinski definition) is 1. The van der Waals surface area contributed by atoms with Crippen molar-refractivity contribution in [2.24, 2.45) is 5.92 Å². The number of anilines is 1. The van der Waals surface area contributed by atoms with Crippen LogP contribution in [0.5, 0.6) is 5.75 Å². The highest BCUT2D eigenvalue weighted by Crippen LogP contribution is 2.52. The van der Waals surface area contributed by atoms with Gasteiger partial charge in [0.2, 0.25) is 0 Å². The lowest BCUT2D eigenvalue weighted by atomic mass is 9.76. The van der Waals surface area contributed by atoms with Crippen LogP contribution in [0.3, 0.4) is 0 Å². The number of fused-ring (bicyclic) bond motifs is 3. The number of hydrogen-bond acceptors (Lipinski definition) is 2. The van der Waals surface area contributed by atoms with Crippen LogP contribution in [0.4, 0.5) is 36.4 Å². The zero-order valence-electron chi connectivity index (χ0n) is 14.6. The quantitative estimate of drug-likeness (QED) is 0.441. The van der Waals surface area contributed by atoms with E-state index in [1.165, 1.54) is 12.1 Å². The molecule has 3 atom stereocenters. The fourth-order valence-corrected chi connectivity index (χ4v) is 4.12. The number of halogens is 7. The summed E-state index contributed by atoms with van der Waals surface area (Å²) in [6, 6.07) is 5.46. The van der Waals surface area contributed by atoms with Gasteiger partial charge in [-0.3, -0.25) is 0 Å². The van der Waals surface area contributed by atoms with Crippen molar-refractivity contribution < 1.29 is 35.5 Å². The van der Waals surface area contributed by atoms with Gasteiger partial charge in [-0.15, -0.1) is 13.2 Å². The second kappa shape index (κ2) is 6.67. The minimum Gasteiger partial charge on any atom is -0.406 e. The third kappa shape index (κ3) is 3.77. The Morgan fingerprint density at radius 2 is 1.69 bits per heavy atom. The molecule has 4 rings (SSSR count). The molecule has 2 nitrogen and oxygen atoms in total. The molecule has 0 radical (unpaired) electrons. The molecule has 1 aliphatic heterocycles. The highest BCUT2D eigenvalue weighted by molar-refractivity contribution is 5.62. The van der Waals surface area contributed by atoms with Crippen molar-refractivity contribution >= 4 is 5.69 Å². The Labute approximate surface area is 161 Å². The van der Waals surface area contributed by atoms with Gasteiger partial charge in [0.1, 0.15) is 11.6 Å². The molecule has 2 aromatic carbocycles. The van der Waals surface area contributed by atoms with Crippen LogP contribution in [0.25, 0.3) is 0 Å². The molecule has 0 bridgehead atoms. The number of benzene rings is 2. The van der Waals surface area contributed by atoms with E-state index in [0.29, 0.717) is 23.7 Å². The van der Waals surface area contributed by atoms with Crippen molar-refractivity contribution in [2.75, 3.05) is 5.32 Å². The molecule has 154 valence electrons. The summed E-state index contributed by atoms with van der Waals surface area (Å²) < 4.78 is 95.5. The molecule has 0 saturated carbocycles. The van der Waals surface area contributed by atoms with Gasteiger partial charge >= 0.3 is 12.5 Å². The Hall–Kier alpha value is -2.71. The van der Waals surface area contributed by atoms with Gasteiger partial charge in [-0.2, -0.15) is 13.2 Å². The maximum Gasteiger partial charge on any atom is 0.573 e. The SMILES string of the molecule is Fc1ccc(C2Nc3ccc(OC(F)(F)F)cc3C3C=CCC32)c(C(F)(F)F)c1. The van der Waals surface area contributed by atoms with Gasteiger partial charge in [0.15, 0.2) is 0 Å². The van der Waals surface area contributed by atoms with Gasteiger partial charge in [-0.1, -0.05) is 18.2 Å². The van der Waals surface area contributed by atoms with Crippen LogP contribution in [-0.2, 0) is 6.18 Å². The van der Waals surface area contributed by atoms with Crippen LogP contribution in [0, 0.1) is 11.7 Å². The number of rotatable bonds is 2. The first-order chi connectivity index (χ1) is 13.5. The summed E-state index contributed by atoms with van der Waals surface area (Å²) in [4.78, 5) is 0. The molecular formula is C20H14F7NO. The van der Waals surface area contributed by atoms with Crippen LogP contribution in [-0.4, -0.2) is 6.36 Å². The topological polar surface area (TPSA) is 21.3 Å². The third-order valence-corrected chi connectivity index (χ3v) is 5.22. The molecular weight excluding hydrogens is 403 g/mol. The molecule has 2 aromatic rings. The van der Waals surface area contributed by atoms with Gasteiger partial charge in [-0.25, -0.2) is 4.39 Å². The Morgan fingerprint density at radius 1 is 0.931 bits per heavy atom. The monoisotopic (exact) mass is 417 g/mol. The number of ether oxygens (including phenoxy) is 1. The van der Waals surface area contributed by atoms with E-state index in [4.69, 9.17) is 0 Å². The Bertz CT molecular complexity index is 964. The van der Waals surface area contributed by atoms with E-state index in [2.05, 4.69) is 10.1 Å². The van der Waals surface area contributed by atoms with Crippen LogP contribution < -0.4 is 10.1 Å². The van der Waals surface area contributed by atoms with Crippen LogP contribution in [0.1, 0.15) is 35.1 Å². The summed E-state index contributed by atoms with van der Waals surface area (Å²) in [5, 5.41) is 3.01. The first-order valence-corrected chi connectivity index (χ1v) is 8.72. The fraction of sp³-hybridized carbons (Fsp3) is 0.300. The highest BCUT2D eigenvalue weighted by atomic mass is 19.4. The first kappa shape index (κ1) is 19.6. The minimum absolute atomic E-state index is 0.0983. The molecule has 1 N–H and O–H groups in total. The van der Waals surface area contributed by atoms with Crippen molar-refractivity contribution in [1.82, 2.24) is 0 Å². The molecule has 0 saturated heterocycles. The highest BCUT2D eigenvalue weighted by Gasteiger charge is 2.43. The molecule has 3 unspecified atom stereocenters. The first-order valence-electron chi connectivity index (χ1n) is 8.72. The fourth-order valence-electron chi connectivity index (χ4n) is 4.12. The summed E-state index contributed by atoms with van der Waals surface area (Å²) in [5.41, 5.74) is -0.243. The molecule has 9 heteroatoms. The Kier molecular flexibility index (Phi) is 4.51. The molecule has 1 aliphatic carbocycles. The summed E-state index contributed by atoms with van der Waals surface area (Å²) in [6.07, 6.45) is -5.61. The lowest BCUT2D eigenvalue weighted by Crippen LogP contribution is -2.31. The van der Waals surface area contributed by atoms with Crippen LogP contribution in [0.2, 0.25) is 0 Å². The maximum absolute atomic E-state index is 13.5. The van der Waals surface area contributed by atoms with Crippen LogP contribution in [0.15, 0.2) is 48.6 Å². The number of allylic oxidation sites excluding steroid dienone is 2. The van der Waals surface area contributed by atoms with E-state index in [9.17, 15) is 30.7 Å². The normalized spacial score (nSPS) is 23.3. The van der Waals surface area contributed by atoms with E-state index < -0.39 is 35.7 Å². The number of nitrogens with one attached hydrogen (secondary N) is 1. The van der Waals surface area contributed by atoms with Crippen molar-refractivity contribution in [2.45, 2.75) is 30.9 Å². The van der Waals surface area contributed by atoms with Crippen LogP contribution >= 0.6 is 0 Å². The zero-order chi connectivity index (χ0) is 21.0. The lowest BCUT2D eigenvalue weighted by Gasteiger charge is -2.38. The molecule has 2 aliphatic rings. The zero-order valence-corrected chi connectivity index (χ0v) is 14.6. The summed E-state index contributed by atoms with van der Waals surface area (Å²) in [6.45, 7) is 0. The minimum atomic E-state index is -4.85. The van der Waals surface area contributed by atoms with E-state index in [-0.39, 0.29) is 17.4 Å². The van der Waals surface area contributed by atoms with E-state index in [1.54, 1.807) is 12.2 Å². The molecule has 29 heavy (non-hydrogen) atoms. The molecule has 0 aromatic heterocycles. The van der Waals surface area contributed by atoms with E-state index in [1.807, 2.05) is 0 Å². The largest absolute Gasteiger partial charge is 0.573 e. The van der Waals surface area contributed by atoms with Gasteiger partial charge in [0, 0.05) is 11.6 Å². The van der Waals surface area contributed by atoms with Gasteiger partial charge < -0.3 is 10.1 Å². The Balaban J connectivity index is 1.76. The van der Waals surface area contributed by atoms with Crippen molar-refractivity contribution in [3.8, 4) is 5.75 Å². The molecule has 0 amide bonds. The standard InChI is InChI=1S/C20H14F7NO/c21-10-4-6-14(16(8-10)19(22,23)24)18-13-3-1-2-12(13)15-9-11(29-20(25,26)27)5-7-17(15)28-18/h1-2,4-9,12-13,18,28H,3H2. The predicted molar refractivity (Wildman–Crippen MR) is 90.9 cm³/mol. The van der Waals surface area contributed by atoms with E-state index in [0.717, 1.165) is 18.2 Å². The number of alkyl halides is 6. The molecule has 0 fully saturated rings. The molecule has 0 spiro atoms. The van der Waals surface area contributed by atoms with Gasteiger partial charge in [0.05, 0.1) is 11.6 Å². The maximum atomic E-state index is 13.5. The summed E-state index contributed by atoms with van der Waals surface area (Å²) in [5.74, 6) is -2.14. The van der Waals surface area contributed by atoms with Gasteiger partial charge in [-0.05, 0) is 53.8 Å². The second-order valence-electron chi connectivity index (χ2n) is 7.00.